The molecule has 0 spiro atoms. The molecule has 1 aromatic rings. The summed E-state index contributed by atoms with van der Waals surface area (Å²) in [6.07, 6.45) is -4.76. The van der Waals surface area contributed by atoms with Gasteiger partial charge in [-0.25, -0.2) is 4.79 Å². The van der Waals surface area contributed by atoms with Gasteiger partial charge in [-0.1, -0.05) is 18.2 Å². The van der Waals surface area contributed by atoms with E-state index in [1.165, 1.54) is 25.2 Å². The van der Waals surface area contributed by atoms with Crippen LogP contribution in [0.15, 0.2) is 24.3 Å². The minimum Gasteiger partial charge on any atom is -0.359 e. The number of halogens is 3. The van der Waals surface area contributed by atoms with Crippen LogP contribution >= 0.6 is 0 Å². The summed E-state index contributed by atoms with van der Waals surface area (Å²) in [4.78, 5) is 37.0. The lowest BCUT2D eigenvalue weighted by atomic mass is 10.1. The van der Waals surface area contributed by atoms with Crippen LogP contribution in [-0.2, 0) is 22.3 Å². The van der Waals surface area contributed by atoms with Crippen molar-refractivity contribution in [3.63, 3.8) is 0 Å². The topological polar surface area (TPSA) is 90.5 Å². The maximum atomic E-state index is 13.0. The fraction of sp³-hybridized carbons (Fsp3) is 0.438. The first-order valence-electron chi connectivity index (χ1n) is 7.92. The number of hydrogen-bond donors (Lipinski definition) is 3. The van der Waals surface area contributed by atoms with Crippen LogP contribution in [-0.4, -0.2) is 48.9 Å². The molecule has 1 aliphatic rings. The molecule has 10 heteroatoms. The molecule has 1 heterocycles. The number of nitrogens with zero attached hydrogens (tertiary/aromatic N) is 1. The molecule has 1 aliphatic heterocycles. The predicted octanol–water partition coefficient (Wildman–Crippen LogP) is 0.852. The molecule has 3 N–H and O–H groups in total. The SMILES string of the molecule is CNC(=O)C[C@@H]1C(=O)NCCN1C(=O)NCc1ccccc1C(F)(F)F. The molecule has 142 valence electrons. The number of carbonyl (C=O) groups excluding carboxylic acids is 3. The maximum absolute atomic E-state index is 13.0. The van der Waals surface area contributed by atoms with E-state index in [1.807, 2.05) is 0 Å². The summed E-state index contributed by atoms with van der Waals surface area (Å²) in [5.41, 5.74) is -0.920. The number of carbonyl (C=O) groups is 3. The maximum Gasteiger partial charge on any atom is 0.416 e. The molecule has 0 aromatic heterocycles. The minimum atomic E-state index is -4.53. The standard InChI is InChI=1S/C16H19F3N4O3/c1-20-13(24)8-12-14(25)21-6-7-23(12)15(26)22-9-10-4-2-3-5-11(10)16(17,18)19/h2-5,12H,6-9H2,1H3,(H,20,24)(H,21,25)(H,22,26)/t12-/m1/s1. The van der Waals surface area contributed by atoms with Crippen LogP contribution in [0.3, 0.4) is 0 Å². The molecule has 1 aromatic carbocycles. The second kappa shape index (κ2) is 8.07. The number of nitrogens with one attached hydrogen (secondary N) is 3. The highest BCUT2D eigenvalue weighted by Crippen LogP contribution is 2.31. The van der Waals surface area contributed by atoms with Crippen molar-refractivity contribution < 1.29 is 27.6 Å². The number of piperazine rings is 1. The molecule has 0 radical (unpaired) electrons. The zero-order valence-electron chi connectivity index (χ0n) is 14.0. The van der Waals surface area contributed by atoms with Gasteiger partial charge in [-0.15, -0.1) is 0 Å². The van der Waals surface area contributed by atoms with Crippen LogP contribution < -0.4 is 16.0 Å². The van der Waals surface area contributed by atoms with E-state index in [2.05, 4.69) is 16.0 Å². The zero-order chi connectivity index (χ0) is 19.3. The average molecular weight is 372 g/mol. The molecular weight excluding hydrogens is 353 g/mol. The lowest BCUT2D eigenvalue weighted by molar-refractivity contribution is -0.138. The van der Waals surface area contributed by atoms with E-state index in [9.17, 15) is 27.6 Å². The monoisotopic (exact) mass is 372 g/mol. The van der Waals surface area contributed by atoms with Crippen molar-refractivity contribution in [2.45, 2.75) is 25.2 Å². The second-order valence-electron chi connectivity index (χ2n) is 5.69. The molecule has 26 heavy (non-hydrogen) atoms. The van der Waals surface area contributed by atoms with Gasteiger partial charge >= 0.3 is 12.2 Å². The van der Waals surface area contributed by atoms with Crippen molar-refractivity contribution in [1.82, 2.24) is 20.9 Å². The van der Waals surface area contributed by atoms with Crippen molar-refractivity contribution in [3.05, 3.63) is 35.4 Å². The summed E-state index contributed by atoms with van der Waals surface area (Å²) in [5.74, 6) is -0.905. The highest BCUT2D eigenvalue weighted by atomic mass is 19.4. The van der Waals surface area contributed by atoms with E-state index in [0.29, 0.717) is 0 Å². The minimum absolute atomic E-state index is 0.0855. The van der Waals surface area contributed by atoms with E-state index < -0.39 is 35.6 Å². The van der Waals surface area contributed by atoms with E-state index in [-0.39, 0.29) is 31.6 Å². The van der Waals surface area contributed by atoms with Crippen LogP contribution in [0.5, 0.6) is 0 Å². The number of benzene rings is 1. The van der Waals surface area contributed by atoms with E-state index in [1.54, 1.807) is 0 Å². The highest BCUT2D eigenvalue weighted by Gasteiger charge is 2.35. The van der Waals surface area contributed by atoms with Crippen molar-refractivity contribution >= 4 is 17.8 Å². The van der Waals surface area contributed by atoms with Gasteiger partial charge in [0, 0.05) is 26.7 Å². The third-order valence-corrected chi connectivity index (χ3v) is 4.00. The summed E-state index contributed by atoms with van der Waals surface area (Å²) >= 11 is 0. The van der Waals surface area contributed by atoms with Gasteiger partial charge in [0.2, 0.25) is 11.8 Å². The Balaban J connectivity index is 2.09. The third kappa shape index (κ3) is 4.64. The molecule has 1 fully saturated rings. The average Bonchev–Trinajstić information content (AvgIpc) is 2.60. The van der Waals surface area contributed by atoms with Gasteiger partial charge in [0.25, 0.3) is 0 Å². The lowest BCUT2D eigenvalue weighted by Gasteiger charge is -2.34. The van der Waals surface area contributed by atoms with Crippen molar-refractivity contribution in [3.8, 4) is 0 Å². The second-order valence-corrected chi connectivity index (χ2v) is 5.69. The normalized spacial score (nSPS) is 17.5. The summed E-state index contributed by atoms with van der Waals surface area (Å²) in [6.45, 7) is 0.00904. The van der Waals surface area contributed by atoms with E-state index in [0.717, 1.165) is 11.0 Å². The van der Waals surface area contributed by atoms with E-state index in [4.69, 9.17) is 0 Å². The lowest BCUT2D eigenvalue weighted by Crippen LogP contribution is -2.60. The first-order valence-corrected chi connectivity index (χ1v) is 7.92. The van der Waals surface area contributed by atoms with Gasteiger partial charge in [-0.05, 0) is 11.6 Å². The molecule has 0 saturated carbocycles. The fourth-order valence-electron chi connectivity index (χ4n) is 2.66. The first kappa shape index (κ1) is 19.5. The Hall–Kier alpha value is -2.78. The molecule has 2 rings (SSSR count). The smallest absolute Gasteiger partial charge is 0.359 e. The Bertz CT molecular complexity index is 694. The highest BCUT2D eigenvalue weighted by molar-refractivity contribution is 5.92. The van der Waals surface area contributed by atoms with Crippen LogP contribution in [0.4, 0.5) is 18.0 Å². The van der Waals surface area contributed by atoms with Gasteiger partial charge in [0.1, 0.15) is 6.04 Å². The quantitative estimate of drug-likeness (QED) is 0.732. The molecule has 1 atom stereocenters. The van der Waals surface area contributed by atoms with Crippen molar-refractivity contribution in [1.29, 1.82) is 0 Å². The molecule has 1 saturated heterocycles. The van der Waals surface area contributed by atoms with Crippen molar-refractivity contribution in [2.24, 2.45) is 0 Å². The van der Waals surface area contributed by atoms with Crippen molar-refractivity contribution in [2.75, 3.05) is 20.1 Å². The molecule has 0 bridgehead atoms. The number of rotatable bonds is 4. The largest absolute Gasteiger partial charge is 0.416 e. The Morgan fingerprint density at radius 2 is 2.00 bits per heavy atom. The van der Waals surface area contributed by atoms with Gasteiger partial charge < -0.3 is 20.9 Å². The summed E-state index contributed by atoms with van der Waals surface area (Å²) in [7, 11) is 1.40. The van der Waals surface area contributed by atoms with Crippen LogP contribution in [0.1, 0.15) is 17.5 Å². The van der Waals surface area contributed by atoms with Crippen LogP contribution in [0, 0.1) is 0 Å². The molecule has 0 aliphatic carbocycles. The number of hydrogen-bond acceptors (Lipinski definition) is 3. The summed E-state index contributed by atoms with van der Waals surface area (Å²) < 4.78 is 39.0. The van der Waals surface area contributed by atoms with Crippen LogP contribution in [0.25, 0.3) is 0 Å². The van der Waals surface area contributed by atoms with Gasteiger partial charge in [-0.3, -0.25) is 9.59 Å². The van der Waals surface area contributed by atoms with Gasteiger partial charge in [-0.2, -0.15) is 13.2 Å². The fourth-order valence-corrected chi connectivity index (χ4v) is 2.66. The van der Waals surface area contributed by atoms with Crippen LogP contribution in [0.2, 0.25) is 0 Å². The summed E-state index contributed by atoms with van der Waals surface area (Å²) in [5, 5.41) is 7.33. The van der Waals surface area contributed by atoms with Gasteiger partial charge in [0.05, 0.1) is 12.0 Å². The molecule has 4 amide bonds. The number of urea groups is 1. The molecular formula is C16H19F3N4O3. The predicted molar refractivity (Wildman–Crippen MR) is 85.9 cm³/mol. The van der Waals surface area contributed by atoms with Gasteiger partial charge in [0.15, 0.2) is 0 Å². The Labute approximate surface area is 147 Å². The summed E-state index contributed by atoms with van der Waals surface area (Å²) in [6, 6.07) is 3.20. The third-order valence-electron chi connectivity index (χ3n) is 4.00. The number of alkyl halides is 3. The Morgan fingerprint density at radius 3 is 2.65 bits per heavy atom. The first-order chi connectivity index (χ1) is 12.2. The number of amides is 4. The molecule has 0 unspecified atom stereocenters. The Kier molecular flexibility index (Phi) is 6.06. The van der Waals surface area contributed by atoms with E-state index >= 15 is 0 Å². The zero-order valence-corrected chi connectivity index (χ0v) is 14.0. The Morgan fingerprint density at radius 1 is 1.31 bits per heavy atom. The molecule has 7 nitrogen and oxygen atoms in total.